The van der Waals surface area contributed by atoms with E-state index in [4.69, 9.17) is 27.9 Å². The molecule has 1 unspecified atom stereocenters. The first-order valence-corrected chi connectivity index (χ1v) is 8.58. The van der Waals surface area contributed by atoms with Crippen LogP contribution in [-0.2, 0) is 10.2 Å². The average Bonchev–Trinajstić information content (AvgIpc) is 2.98. The molecule has 1 fully saturated rings. The Labute approximate surface area is 132 Å². The van der Waals surface area contributed by atoms with Crippen molar-refractivity contribution in [2.75, 3.05) is 18.4 Å². The number of ether oxygens (including phenoxy) is 1. The smallest absolute Gasteiger partial charge is 0.0576 e. The van der Waals surface area contributed by atoms with Crippen LogP contribution in [0.15, 0.2) is 24.3 Å². The summed E-state index contributed by atoms with van der Waals surface area (Å²) in [5, 5.41) is 0. The number of rotatable bonds is 7. The molecule has 0 amide bonds. The summed E-state index contributed by atoms with van der Waals surface area (Å²) in [7, 11) is 0. The molecule has 0 aromatic heterocycles. The molecule has 1 aromatic carbocycles. The molecule has 1 aliphatic heterocycles. The highest BCUT2D eigenvalue weighted by molar-refractivity contribution is 6.22. The first-order chi connectivity index (χ1) is 9.70. The lowest BCUT2D eigenvalue weighted by atomic mass is 9.79. The van der Waals surface area contributed by atoms with Gasteiger partial charge in [-0.1, -0.05) is 29.8 Å². The van der Waals surface area contributed by atoms with E-state index in [1.165, 1.54) is 24.0 Å². The Bertz CT molecular complexity index is 392. The molecule has 0 radical (unpaired) electrons. The molecule has 1 aliphatic rings. The molecule has 0 spiro atoms. The summed E-state index contributed by atoms with van der Waals surface area (Å²) in [6.07, 6.45) is 6.15. The molecule has 0 bridgehead atoms. The highest BCUT2D eigenvalue weighted by Crippen LogP contribution is 2.34. The van der Waals surface area contributed by atoms with Crippen molar-refractivity contribution in [2.45, 2.75) is 50.5 Å². The quantitative estimate of drug-likeness (QED) is 0.639. The van der Waals surface area contributed by atoms with Gasteiger partial charge in [0, 0.05) is 23.8 Å². The van der Waals surface area contributed by atoms with Gasteiger partial charge < -0.3 is 4.74 Å². The Balaban J connectivity index is 1.98. The summed E-state index contributed by atoms with van der Waals surface area (Å²) in [5.41, 5.74) is 2.43. The third kappa shape index (κ3) is 3.90. The second-order valence-electron chi connectivity index (χ2n) is 5.94. The van der Waals surface area contributed by atoms with Gasteiger partial charge in [-0.25, -0.2) is 0 Å². The summed E-state index contributed by atoms with van der Waals surface area (Å²) in [6.45, 7) is 3.03. The second kappa shape index (κ2) is 7.68. The largest absolute Gasteiger partial charge is 0.378 e. The van der Waals surface area contributed by atoms with Gasteiger partial charge in [-0.3, -0.25) is 0 Å². The van der Waals surface area contributed by atoms with E-state index in [-0.39, 0.29) is 5.41 Å². The molecule has 1 aromatic rings. The van der Waals surface area contributed by atoms with Crippen LogP contribution in [-0.4, -0.2) is 24.5 Å². The van der Waals surface area contributed by atoms with E-state index in [9.17, 15) is 0 Å². The van der Waals surface area contributed by atoms with Crippen LogP contribution in [0.1, 0.15) is 43.2 Å². The topological polar surface area (TPSA) is 9.23 Å². The summed E-state index contributed by atoms with van der Waals surface area (Å²) in [5.74, 6) is 1.15. The number of alkyl halides is 2. The van der Waals surface area contributed by atoms with Crippen LogP contribution in [0.3, 0.4) is 0 Å². The van der Waals surface area contributed by atoms with E-state index in [2.05, 4.69) is 31.2 Å². The van der Waals surface area contributed by atoms with E-state index >= 15 is 0 Å². The normalized spacial score (nSPS) is 19.4. The molecule has 0 N–H and O–H groups in total. The van der Waals surface area contributed by atoms with Crippen molar-refractivity contribution in [2.24, 2.45) is 0 Å². The van der Waals surface area contributed by atoms with Gasteiger partial charge in [-0.2, -0.15) is 0 Å². The molecular formula is C17H24Cl2O. The Morgan fingerprint density at radius 3 is 2.45 bits per heavy atom. The Morgan fingerprint density at radius 2 is 1.90 bits per heavy atom. The summed E-state index contributed by atoms with van der Waals surface area (Å²) in [6, 6.07) is 8.63. The fourth-order valence-electron chi connectivity index (χ4n) is 2.92. The lowest BCUT2D eigenvalue weighted by Gasteiger charge is -2.31. The van der Waals surface area contributed by atoms with Crippen LogP contribution in [0.2, 0.25) is 0 Å². The van der Waals surface area contributed by atoms with Crippen LogP contribution >= 0.6 is 23.2 Å². The average molecular weight is 315 g/mol. The first-order valence-electron chi connectivity index (χ1n) is 7.51. The minimum absolute atomic E-state index is 0.102. The number of halogens is 2. The number of aryl methyl sites for hydroxylation is 1. The zero-order valence-electron chi connectivity index (χ0n) is 12.2. The number of benzene rings is 1. The van der Waals surface area contributed by atoms with Crippen LogP contribution < -0.4 is 0 Å². The van der Waals surface area contributed by atoms with Gasteiger partial charge in [0.05, 0.1) is 6.10 Å². The van der Waals surface area contributed by atoms with Gasteiger partial charge >= 0.3 is 0 Å². The molecule has 112 valence electrons. The summed E-state index contributed by atoms with van der Waals surface area (Å²) >= 11 is 12.6. The molecular weight excluding hydrogens is 291 g/mol. The van der Waals surface area contributed by atoms with E-state index in [1.807, 2.05) is 0 Å². The van der Waals surface area contributed by atoms with Crippen molar-refractivity contribution in [3.05, 3.63) is 35.4 Å². The molecule has 1 heterocycles. The maximum absolute atomic E-state index is 6.28. The Kier molecular flexibility index (Phi) is 6.20. The second-order valence-corrected chi connectivity index (χ2v) is 6.48. The monoisotopic (exact) mass is 314 g/mol. The van der Waals surface area contributed by atoms with Gasteiger partial charge in [0.25, 0.3) is 0 Å². The van der Waals surface area contributed by atoms with Crippen molar-refractivity contribution in [3.63, 3.8) is 0 Å². The maximum atomic E-state index is 6.28. The van der Waals surface area contributed by atoms with Crippen molar-refractivity contribution < 1.29 is 4.74 Å². The third-order valence-electron chi connectivity index (χ3n) is 4.38. The Morgan fingerprint density at radius 1 is 1.20 bits per heavy atom. The van der Waals surface area contributed by atoms with Crippen LogP contribution in [0.25, 0.3) is 0 Å². The highest BCUT2D eigenvalue weighted by Gasteiger charge is 2.30. The van der Waals surface area contributed by atoms with Crippen molar-refractivity contribution in [1.82, 2.24) is 0 Å². The molecule has 20 heavy (non-hydrogen) atoms. The van der Waals surface area contributed by atoms with E-state index < -0.39 is 0 Å². The van der Waals surface area contributed by atoms with Gasteiger partial charge in [0.1, 0.15) is 0 Å². The van der Waals surface area contributed by atoms with Gasteiger partial charge in [0.2, 0.25) is 0 Å². The van der Waals surface area contributed by atoms with E-state index in [1.54, 1.807) is 0 Å². The first kappa shape index (κ1) is 16.1. The minimum Gasteiger partial charge on any atom is -0.378 e. The van der Waals surface area contributed by atoms with Crippen molar-refractivity contribution in [1.29, 1.82) is 0 Å². The Hall–Kier alpha value is -0.240. The lowest BCUT2D eigenvalue weighted by Crippen LogP contribution is -2.31. The molecule has 2 rings (SSSR count). The van der Waals surface area contributed by atoms with E-state index in [0.29, 0.717) is 17.9 Å². The fourth-order valence-corrected chi connectivity index (χ4v) is 3.78. The molecule has 3 heteroatoms. The molecule has 0 saturated carbocycles. The van der Waals surface area contributed by atoms with Gasteiger partial charge in [-0.05, 0) is 44.6 Å². The molecule has 1 atom stereocenters. The zero-order chi connectivity index (χ0) is 14.4. The predicted molar refractivity (Wildman–Crippen MR) is 87.1 cm³/mol. The zero-order valence-corrected chi connectivity index (χ0v) is 13.7. The number of hydrogen-bond acceptors (Lipinski definition) is 1. The molecule has 1 nitrogen and oxygen atoms in total. The molecule has 0 aliphatic carbocycles. The summed E-state index contributed by atoms with van der Waals surface area (Å²) in [4.78, 5) is 0. The number of hydrogen-bond donors (Lipinski definition) is 0. The predicted octanol–water partition coefficient (Wildman–Crippen LogP) is 5.06. The minimum atomic E-state index is -0.102. The van der Waals surface area contributed by atoms with Crippen LogP contribution in [0, 0.1) is 6.92 Å². The highest BCUT2D eigenvalue weighted by atomic mass is 35.5. The fraction of sp³-hybridized carbons (Fsp3) is 0.647. The van der Waals surface area contributed by atoms with Gasteiger partial charge in [-0.15, -0.1) is 23.2 Å². The van der Waals surface area contributed by atoms with Gasteiger partial charge in [0.15, 0.2) is 0 Å². The van der Waals surface area contributed by atoms with Crippen LogP contribution in [0.4, 0.5) is 0 Å². The van der Waals surface area contributed by atoms with Crippen molar-refractivity contribution >= 4 is 23.2 Å². The van der Waals surface area contributed by atoms with Crippen LogP contribution in [0.5, 0.6) is 0 Å². The maximum Gasteiger partial charge on any atom is 0.0576 e. The van der Waals surface area contributed by atoms with E-state index in [0.717, 1.165) is 25.9 Å². The van der Waals surface area contributed by atoms with Crippen molar-refractivity contribution in [3.8, 4) is 0 Å². The third-order valence-corrected chi connectivity index (χ3v) is 5.40. The SMILES string of the molecule is Cc1ccc(C(CCl)(CCl)CCCC2CCCO2)cc1. The standard InChI is InChI=1S/C17H24Cl2O/c1-14-6-8-15(9-7-14)17(12-18,13-19)10-2-4-16-5-3-11-20-16/h6-9,16H,2-5,10-13H2,1H3. The summed E-state index contributed by atoms with van der Waals surface area (Å²) < 4.78 is 5.69. The molecule has 1 saturated heterocycles. The lowest BCUT2D eigenvalue weighted by molar-refractivity contribution is 0.101.